The average molecular weight is 253 g/mol. The first-order valence-electron chi connectivity index (χ1n) is 4.76. The number of aromatic nitrogens is 2. The number of nitrogens with one attached hydrogen (secondary N) is 1. The van der Waals surface area contributed by atoms with E-state index in [-0.39, 0.29) is 23.4 Å². The summed E-state index contributed by atoms with van der Waals surface area (Å²) in [5.74, 6) is 0.450. The molecule has 6 nitrogen and oxygen atoms in total. The van der Waals surface area contributed by atoms with Gasteiger partial charge in [0.25, 0.3) is 5.91 Å². The third kappa shape index (κ3) is 2.94. The molecular weight excluding hydrogens is 244 g/mol. The molecule has 0 spiro atoms. The number of nitrogens with two attached hydrogens (primary N) is 1. The van der Waals surface area contributed by atoms with E-state index in [1.807, 2.05) is 0 Å². The first-order valence-corrected chi connectivity index (χ1v) is 5.14. The molecule has 0 radical (unpaired) electrons. The number of hydrogen-bond donors (Lipinski definition) is 2. The predicted molar refractivity (Wildman–Crippen MR) is 61.3 cm³/mol. The molecule has 0 aliphatic heterocycles. The minimum absolute atomic E-state index is 0.176. The highest BCUT2D eigenvalue weighted by molar-refractivity contribution is 6.29. The van der Waals surface area contributed by atoms with Gasteiger partial charge in [0.1, 0.15) is 11.0 Å². The fourth-order valence-corrected chi connectivity index (χ4v) is 1.47. The Hall–Kier alpha value is -2.08. The van der Waals surface area contributed by atoms with Gasteiger partial charge in [0.15, 0.2) is 5.76 Å². The van der Waals surface area contributed by atoms with Crippen LogP contribution in [0.15, 0.2) is 28.9 Å². The molecule has 2 heterocycles. The highest BCUT2D eigenvalue weighted by Crippen LogP contribution is 2.12. The number of pyridine rings is 1. The Morgan fingerprint density at radius 1 is 1.53 bits per heavy atom. The molecule has 17 heavy (non-hydrogen) atoms. The monoisotopic (exact) mass is 252 g/mol. The molecule has 0 saturated heterocycles. The van der Waals surface area contributed by atoms with E-state index in [2.05, 4.69) is 15.5 Å². The number of nitrogens with zero attached hydrogens (tertiary/aromatic N) is 2. The molecule has 7 heteroatoms. The Balaban J connectivity index is 2.04. The summed E-state index contributed by atoms with van der Waals surface area (Å²) in [4.78, 5) is 15.5. The SMILES string of the molecule is Nc1cc(C(=O)NCc2ccno2)cc(Cl)n1. The van der Waals surface area contributed by atoms with Crippen molar-refractivity contribution in [1.29, 1.82) is 0 Å². The zero-order valence-electron chi connectivity index (χ0n) is 8.68. The molecule has 0 fully saturated rings. The van der Waals surface area contributed by atoms with Crippen molar-refractivity contribution in [3.8, 4) is 0 Å². The van der Waals surface area contributed by atoms with Crippen molar-refractivity contribution >= 4 is 23.3 Å². The van der Waals surface area contributed by atoms with E-state index in [9.17, 15) is 4.79 Å². The summed E-state index contributed by atoms with van der Waals surface area (Å²) in [6.07, 6.45) is 1.50. The second kappa shape index (κ2) is 4.84. The van der Waals surface area contributed by atoms with Crippen LogP contribution in [-0.4, -0.2) is 16.0 Å². The van der Waals surface area contributed by atoms with Gasteiger partial charge in [-0.3, -0.25) is 4.79 Å². The van der Waals surface area contributed by atoms with Crippen LogP contribution in [0, 0.1) is 0 Å². The van der Waals surface area contributed by atoms with Gasteiger partial charge < -0.3 is 15.6 Å². The molecule has 88 valence electrons. The van der Waals surface area contributed by atoms with Crippen LogP contribution in [0.25, 0.3) is 0 Å². The number of rotatable bonds is 3. The summed E-state index contributed by atoms with van der Waals surface area (Å²) < 4.78 is 4.84. The third-order valence-corrected chi connectivity index (χ3v) is 2.18. The van der Waals surface area contributed by atoms with Gasteiger partial charge in [0.2, 0.25) is 0 Å². The second-order valence-corrected chi connectivity index (χ2v) is 3.65. The van der Waals surface area contributed by atoms with Crippen molar-refractivity contribution in [3.05, 3.63) is 40.9 Å². The fourth-order valence-electron chi connectivity index (χ4n) is 1.25. The van der Waals surface area contributed by atoms with Crippen LogP contribution < -0.4 is 11.1 Å². The maximum Gasteiger partial charge on any atom is 0.251 e. The minimum Gasteiger partial charge on any atom is -0.384 e. The molecule has 0 aliphatic carbocycles. The van der Waals surface area contributed by atoms with E-state index in [1.165, 1.54) is 18.3 Å². The summed E-state index contributed by atoms with van der Waals surface area (Å²) in [7, 11) is 0. The fraction of sp³-hybridized carbons (Fsp3) is 0.100. The Bertz CT molecular complexity index is 507. The van der Waals surface area contributed by atoms with Crippen molar-refractivity contribution in [1.82, 2.24) is 15.5 Å². The van der Waals surface area contributed by atoms with E-state index < -0.39 is 0 Å². The molecule has 0 atom stereocenters. The number of nitrogen functional groups attached to an aromatic ring is 1. The standard InChI is InChI=1S/C10H9ClN4O2/c11-8-3-6(4-9(12)15-8)10(16)13-5-7-1-2-14-17-7/h1-4H,5H2,(H2,12,15)(H,13,16). The van der Waals surface area contributed by atoms with Crippen LogP contribution in [0.3, 0.4) is 0 Å². The predicted octanol–water partition coefficient (Wildman–Crippen LogP) is 1.24. The lowest BCUT2D eigenvalue weighted by molar-refractivity contribution is 0.0947. The largest absolute Gasteiger partial charge is 0.384 e. The topological polar surface area (TPSA) is 94.0 Å². The van der Waals surface area contributed by atoms with Gasteiger partial charge in [-0.05, 0) is 12.1 Å². The number of hydrogen-bond acceptors (Lipinski definition) is 5. The number of anilines is 1. The molecule has 0 unspecified atom stereocenters. The van der Waals surface area contributed by atoms with E-state index in [1.54, 1.807) is 6.07 Å². The first kappa shape index (κ1) is 11.4. The lowest BCUT2D eigenvalue weighted by atomic mass is 10.2. The van der Waals surface area contributed by atoms with Crippen molar-refractivity contribution < 1.29 is 9.32 Å². The summed E-state index contributed by atoms with van der Waals surface area (Å²) in [5, 5.41) is 6.34. The van der Waals surface area contributed by atoms with Gasteiger partial charge in [-0.2, -0.15) is 0 Å². The van der Waals surface area contributed by atoms with Gasteiger partial charge in [0, 0.05) is 11.6 Å². The summed E-state index contributed by atoms with van der Waals surface area (Å²) in [6.45, 7) is 0.249. The minimum atomic E-state index is -0.308. The molecular formula is C10H9ClN4O2. The van der Waals surface area contributed by atoms with E-state index in [4.69, 9.17) is 21.9 Å². The summed E-state index contributed by atoms with van der Waals surface area (Å²) in [6, 6.07) is 4.55. The average Bonchev–Trinajstić information content (AvgIpc) is 2.77. The Morgan fingerprint density at radius 2 is 2.35 bits per heavy atom. The quantitative estimate of drug-likeness (QED) is 0.802. The molecule has 0 bridgehead atoms. The maximum absolute atomic E-state index is 11.7. The van der Waals surface area contributed by atoms with Crippen LogP contribution in [-0.2, 0) is 6.54 Å². The molecule has 2 aromatic rings. The molecule has 2 aromatic heterocycles. The highest BCUT2D eigenvalue weighted by atomic mass is 35.5. The lowest BCUT2D eigenvalue weighted by Gasteiger charge is -2.04. The molecule has 1 amide bonds. The zero-order chi connectivity index (χ0) is 12.3. The van der Waals surface area contributed by atoms with Gasteiger partial charge in [-0.15, -0.1) is 0 Å². The number of carbonyl (C=O) groups excluding carboxylic acids is 1. The Labute approximate surface area is 102 Å². The molecule has 0 aliphatic rings. The van der Waals surface area contributed by atoms with Crippen molar-refractivity contribution in [3.63, 3.8) is 0 Å². The van der Waals surface area contributed by atoms with E-state index in [0.29, 0.717) is 11.3 Å². The third-order valence-electron chi connectivity index (χ3n) is 1.99. The van der Waals surface area contributed by atoms with Crippen molar-refractivity contribution in [2.75, 3.05) is 5.73 Å². The zero-order valence-corrected chi connectivity index (χ0v) is 9.44. The van der Waals surface area contributed by atoms with Gasteiger partial charge >= 0.3 is 0 Å². The van der Waals surface area contributed by atoms with Crippen LogP contribution >= 0.6 is 11.6 Å². The summed E-state index contributed by atoms with van der Waals surface area (Å²) in [5.41, 5.74) is 5.83. The van der Waals surface area contributed by atoms with E-state index in [0.717, 1.165) is 0 Å². The van der Waals surface area contributed by atoms with Gasteiger partial charge in [-0.1, -0.05) is 16.8 Å². The number of carbonyl (C=O) groups is 1. The smallest absolute Gasteiger partial charge is 0.251 e. The Morgan fingerprint density at radius 3 is 3.00 bits per heavy atom. The number of halogens is 1. The van der Waals surface area contributed by atoms with Crippen LogP contribution in [0.2, 0.25) is 5.15 Å². The highest BCUT2D eigenvalue weighted by Gasteiger charge is 2.08. The lowest BCUT2D eigenvalue weighted by Crippen LogP contribution is -2.22. The molecule has 3 N–H and O–H groups in total. The maximum atomic E-state index is 11.7. The first-order chi connectivity index (χ1) is 8.15. The normalized spacial score (nSPS) is 10.2. The van der Waals surface area contributed by atoms with Crippen LogP contribution in [0.4, 0.5) is 5.82 Å². The van der Waals surface area contributed by atoms with Gasteiger partial charge in [0.05, 0.1) is 12.7 Å². The Kier molecular flexibility index (Phi) is 3.24. The second-order valence-electron chi connectivity index (χ2n) is 3.26. The van der Waals surface area contributed by atoms with Crippen LogP contribution in [0.1, 0.15) is 16.1 Å². The van der Waals surface area contributed by atoms with E-state index >= 15 is 0 Å². The van der Waals surface area contributed by atoms with Crippen LogP contribution in [0.5, 0.6) is 0 Å². The number of amides is 1. The van der Waals surface area contributed by atoms with Gasteiger partial charge in [-0.25, -0.2) is 4.98 Å². The van der Waals surface area contributed by atoms with Crippen molar-refractivity contribution in [2.24, 2.45) is 0 Å². The summed E-state index contributed by atoms with van der Waals surface area (Å²) >= 11 is 5.69. The molecule has 2 rings (SSSR count). The molecule has 0 aromatic carbocycles. The molecule has 0 saturated carbocycles. The van der Waals surface area contributed by atoms with Crippen molar-refractivity contribution in [2.45, 2.75) is 6.54 Å².